The third-order valence-electron chi connectivity index (χ3n) is 7.29. The molecule has 1 aliphatic heterocycles. The third-order valence-corrected chi connectivity index (χ3v) is 10.1. The summed E-state index contributed by atoms with van der Waals surface area (Å²) in [5.41, 5.74) is 2.35. The van der Waals surface area contributed by atoms with Gasteiger partial charge < -0.3 is 9.32 Å². The molecule has 230 valence electrons. The zero-order valence-corrected chi connectivity index (χ0v) is 26.6. The van der Waals surface area contributed by atoms with Crippen molar-refractivity contribution in [2.24, 2.45) is 7.05 Å². The predicted molar refractivity (Wildman–Crippen MR) is 156 cm³/mol. The van der Waals surface area contributed by atoms with Gasteiger partial charge in [-0.2, -0.15) is 9.40 Å². The van der Waals surface area contributed by atoms with Crippen molar-refractivity contribution in [2.75, 3.05) is 31.9 Å². The minimum Gasteiger partial charge on any atom is -0.411 e. The molecule has 4 rings (SSSR count). The van der Waals surface area contributed by atoms with Crippen molar-refractivity contribution in [3.8, 4) is 11.5 Å². The number of amides is 1. The topological polar surface area (TPSA) is 114 Å². The summed E-state index contributed by atoms with van der Waals surface area (Å²) in [5, 5.41) is 11.5. The van der Waals surface area contributed by atoms with Gasteiger partial charge in [0.05, 0.1) is 16.2 Å². The van der Waals surface area contributed by atoms with Crippen LogP contribution in [0.3, 0.4) is 0 Å². The van der Waals surface area contributed by atoms with Crippen LogP contribution in [0.2, 0.25) is 0 Å². The molecule has 14 heteroatoms. The lowest BCUT2D eigenvalue weighted by Crippen LogP contribution is -2.51. The largest absolute Gasteiger partial charge is 0.411 e. The van der Waals surface area contributed by atoms with Crippen molar-refractivity contribution < 1.29 is 26.4 Å². The summed E-state index contributed by atoms with van der Waals surface area (Å²) in [6.45, 7) is 13.1. The molecule has 1 aromatic carbocycles. The number of halogens is 2. The Kier molecular flexibility index (Phi) is 9.78. The average molecular weight is 625 g/mol. The quantitative estimate of drug-likeness (QED) is 0.276. The number of piperazine rings is 1. The van der Waals surface area contributed by atoms with E-state index >= 15 is 0 Å². The van der Waals surface area contributed by atoms with Crippen LogP contribution in [0.5, 0.6) is 0 Å². The van der Waals surface area contributed by atoms with E-state index in [0.717, 1.165) is 28.5 Å². The fraction of sp³-hybridized carbons (Fsp3) is 0.571. The molecule has 0 radical (unpaired) electrons. The highest BCUT2D eigenvalue weighted by molar-refractivity contribution is 7.99. The van der Waals surface area contributed by atoms with Crippen LogP contribution in [-0.4, -0.2) is 75.4 Å². The summed E-state index contributed by atoms with van der Waals surface area (Å²) in [6.07, 6.45) is -1.43. The first-order valence-electron chi connectivity index (χ1n) is 13.9. The predicted octanol–water partition coefficient (Wildman–Crippen LogP) is 5.40. The molecule has 42 heavy (non-hydrogen) atoms. The fourth-order valence-electron chi connectivity index (χ4n) is 4.92. The number of sulfonamides is 1. The minimum absolute atomic E-state index is 0.0191. The Morgan fingerprint density at radius 1 is 0.976 bits per heavy atom. The third kappa shape index (κ3) is 6.70. The highest BCUT2D eigenvalue weighted by atomic mass is 32.2. The van der Waals surface area contributed by atoms with E-state index in [1.54, 1.807) is 4.90 Å². The molecule has 0 N–H and O–H groups in total. The highest BCUT2D eigenvalue weighted by Crippen LogP contribution is 2.37. The van der Waals surface area contributed by atoms with Crippen molar-refractivity contribution in [3.63, 3.8) is 0 Å². The number of rotatable bonds is 10. The van der Waals surface area contributed by atoms with Crippen molar-refractivity contribution >= 4 is 27.7 Å². The van der Waals surface area contributed by atoms with Gasteiger partial charge in [0.2, 0.25) is 15.9 Å². The van der Waals surface area contributed by atoms with Crippen LogP contribution in [0.4, 0.5) is 8.78 Å². The zero-order valence-electron chi connectivity index (χ0n) is 25.0. The van der Waals surface area contributed by atoms with Crippen LogP contribution in [0.25, 0.3) is 11.5 Å². The van der Waals surface area contributed by atoms with Crippen molar-refractivity contribution in [1.29, 1.82) is 0 Å². The second-order valence-electron chi connectivity index (χ2n) is 11.3. The van der Waals surface area contributed by atoms with Gasteiger partial charge in [-0.3, -0.25) is 9.48 Å². The van der Waals surface area contributed by atoms with E-state index in [-0.39, 0.29) is 72.3 Å². The number of carbonyl (C=O) groups excluding carboxylic acids is 1. The number of carbonyl (C=O) groups is 1. The van der Waals surface area contributed by atoms with Crippen LogP contribution >= 0.6 is 11.8 Å². The number of alkyl halides is 2. The van der Waals surface area contributed by atoms with Gasteiger partial charge in [-0.05, 0) is 34.4 Å². The van der Waals surface area contributed by atoms with Crippen LogP contribution in [0.1, 0.15) is 88.1 Å². The molecule has 1 aliphatic rings. The average Bonchev–Trinajstić information content (AvgIpc) is 3.57. The number of aryl methyl sites for hydroxylation is 1. The van der Waals surface area contributed by atoms with E-state index in [1.165, 1.54) is 22.2 Å². The Labute approximate surface area is 249 Å². The number of benzene rings is 1. The molecule has 1 amide bonds. The summed E-state index contributed by atoms with van der Waals surface area (Å²) in [6, 6.07) is 4.05. The molecule has 1 fully saturated rings. The molecule has 2 aromatic heterocycles. The summed E-state index contributed by atoms with van der Waals surface area (Å²) >= 11 is 0.998. The molecule has 0 spiro atoms. The first-order valence-corrected chi connectivity index (χ1v) is 16.4. The highest BCUT2D eigenvalue weighted by Gasteiger charge is 2.35. The van der Waals surface area contributed by atoms with Crippen molar-refractivity contribution in [2.45, 2.75) is 75.8 Å². The molecular weight excluding hydrogens is 586 g/mol. The van der Waals surface area contributed by atoms with Gasteiger partial charge in [-0.25, -0.2) is 17.2 Å². The Balaban J connectivity index is 1.43. The normalized spacial score (nSPS) is 15.1. The van der Waals surface area contributed by atoms with Gasteiger partial charge in [-0.15, -0.1) is 10.2 Å². The second-order valence-corrected chi connectivity index (χ2v) is 14.1. The molecule has 0 bridgehead atoms. The standard InChI is InChI=1S/C28H38F2N6O4S2/c1-16(2)19-12-20(17(3)4)25(21(13-19)18(5)6)42(38,39)36-10-8-35(9-11-36)23(37)15-41-28-32-31-27(40-28)22-14-34(7)33-24(22)26(29)30/h12-14,16-18,26H,8-11,15H2,1-7H3. The summed E-state index contributed by atoms with van der Waals surface area (Å²) in [7, 11) is -2.28. The van der Waals surface area contributed by atoms with E-state index in [1.807, 2.05) is 39.8 Å². The van der Waals surface area contributed by atoms with Crippen LogP contribution in [-0.2, 0) is 21.9 Å². The van der Waals surface area contributed by atoms with E-state index < -0.39 is 22.1 Å². The van der Waals surface area contributed by atoms with Gasteiger partial charge in [0, 0.05) is 39.4 Å². The maximum Gasteiger partial charge on any atom is 0.282 e. The first-order chi connectivity index (χ1) is 19.7. The number of thioether (sulfide) groups is 1. The maximum absolute atomic E-state index is 14.0. The second kappa shape index (κ2) is 12.8. The zero-order chi connectivity index (χ0) is 30.9. The lowest BCUT2D eigenvalue weighted by molar-refractivity contribution is -0.129. The van der Waals surface area contributed by atoms with Crippen LogP contribution in [0.15, 0.2) is 32.9 Å². The van der Waals surface area contributed by atoms with E-state index in [0.29, 0.717) is 4.90 Å². The van der Waals surface area contributed by atoms with Crippen LogP contribution in [0, 0.1) is 0 Å². The number of aromatic nitrogens is 4. The minimum atomic E-state index is -3.80. The van der Waals surface area contributed by atoms with E-state index in [9.17, 15) is 22.0 Å². The Morgan fingerprint density at radius 3 is 2.10 bits per heavy atom. The molecule has 0 aliphatic carbocycles. The lowest BCUT2D eigenvalue weighted by atomic mass is 9.89. The van der Waals surface area contributed by atoms with Gasteiger partial charge >= 0.3 is 0 Å². The van der Waals surface area contributed by atoms with Gasteiger partial charge in [0.15, 0.2) is 0 Å². The number of hydrogen-bond acceptors (Lipinski definition) is 8. The summed E-state index contributed by atoms with van der Waals surface area (Å²) in [4.78, 5) is 14.9. The van der Waals surface area contributed by atoms with Crippen molar-refractivity contribution in [1.82, 2.24) is 29.2 Å². The Morgan fingerprint density at radius 2 is 1.57 bits per heavy atom. The maximum atomic E-state index is 14.0. The molecule has 1 saturated heterocycles. The molecule has 0 atom stereocenters. The molecule has 10 nitrogen and oxygen atoms in total. The number of nitrogens with zero attached hydrogens (tertiary/aromatic N) is 6. The smallest absolute Gasteiger partial charge is 0.282 e. The first kappa shape index (κ1) is 32.1. The molecular formula is C28H38F2N6O4S2. The SMILES string of the molecule is CC(C)c1cc(C(C)C)c(S(=O)(=O)N2CCN(C(=O)CSc3nnc(-c4cn(C)nc4C(F)F)o3)CC2)c(C(C)C)c1. The van der Waals surface area contributed by atoms with E-state index in [4.69, 9.17) is 4.42 Å². The summed E-state index contributed by atoms with van der Waals surface area (Å²) in [5.74, 6) is -0.0104. The van der Waals surface area contributed by atoms with Gasteiger partial charge in [0.1, 0.15) is 5.69 Å². The Hall–Kier alpha value is -2.84. The van der Waals surface area contributed by atoms with Crippen molar-refractivity contribution in [3.05, 3.63) is 40.7 Å². The monoisotopic (exact) mass is 624 g/mol. The lowest BCUT2D eigenvalue weighted by Gasteiger charge is -2.35. The molecule has 0 saturated carbocycles. The Bertz CT molecular complexity index is 1500. The molecule has 0 unspecified atom stereocenters. The van der Waals surface area contributed by atoms with Crippen LogP contribution < -0.4 is 0 Å². The summed E-state index contributed by atoms with van der Waals surface area (Å²) < 4.78 is 62.8. The number of hydrogen-bond donors (Lipinski definition) is 0. The molecule has 3 heterocycles. The van der Waals surface area contributed by atoms with Gasteiger partial charge in [0.25, 0.3) is 17.5 Å². The van der Waals surface area contributed by atoms with Gasteiger partial charge in [-0.1, -0.05) is 65.4 Å². The van der Waals surface area contributed by atoms with E-state index in [2.05, 4.69) is 29.1 Å². The molecule has 3 aromatic rings. The fourth-order valence-corrected chi connectivity index (χ4v) is 7.67.